The molecule has 1 atom stereocenters. The first-order chi connectivity index (χ1) is 14.6. The number of benzene rings is 1. The second-order valence-electron chi connectivity index (χ2n) is 8.34. The number of carbonyl (C=O) groups is 1. The van der Waals surface area contributed by atoms with Gasteiger partial charge in [-0.2, -0.15) is 5.10 Å². The number of morpholine rings is 1. The number of hydrogen-bond donors (Lipinski definition) is 1. The van der Waals surface area contributed by atoms with Crippen LogP contribution in [0.5, 0.6) is 0 Å². The molecular formula is C23H27N5O2. The molecule has 7 nitrogen and oxygen atoms in total. The summed E-state index contributed by atoms with van der Waals surface area (Å²) in [7, 11) is 0. The quantitative estimate of drug-likeness (QED) is 0.707. The third kappa shape index (κ3) is 3.89. The Labute approximate surface area is 176 Å². The van der Waals surface area contributed by atoms with Crippen LogP contribution in [-0.4, -0.2) is 52.5 Å². The van der Waals surface area contributed by atoms with Crippen molar-refractivity contribution in [2.75, 3.05) is 24.6 Å². The molecule has 2 aromatic heterocycles. The predicted molar refractivity (Wildman–Crippen MR) is 116 cm³/mol. The summed E-state index contributed by atoms with van der Waals surface area (Å²) in [6.07, 6.45) is 2.16. The molecule has 1 aliphatic heterocycles. The Balaban J connectivity index is 1.41. The molecule has 0 bridgehead atoms. The van der Waals surface area contributed by atoms with Gasteiger partial charge in [0.15, 0.2) is 0 Å². The summed E-state index contributed by atoms with van der Waals surface area (Å²) in [5.41, 5.74) is 3.69. The fraction of sp³-hybridized carbons (Fsp3) is 0.435. The van der Waals surface area contributed by atoms with Crippen LogP contribution < -0.4 is 10.2 Å². The molecule has 1 aliphatic carbocycles. The summed E-state index contributed by atoms with van der Waals surface area (Å²) in [6, 6.07) is 12.2. The highest BCUT2D eigenvalue weighted by Crippen LogP contribution is 2.26. The van der Waals surface area contributed by atoms with Crippen LogP contribution in [0.4, 0.5) is 5.82 Å². The average Bonchev–Trinajstić information content (AvgIpc) is 3.50. The van der Waals surface area contributed by atoms with Gasteiger partial charge in [0, 0.05) is 30.2 Å². The molecule has 3 heterocycles. The van der Waals surface area contributed by atoms with E-state index in [0.717, 1.165) is 47.5 Å². The lowest BCUT2D eigenvalue weighted by Gasteiger charge is -2.34. The fourth-order valence-corrected chi connectivity index (χ4v) is 4.09. The zero-order chi connectivity index (χ0) is 20.7. The molecule has 0 radical (unpaired) electrons. The number of ether oxygens (including phenoxy) is 1. The smallest absolute Gasteiger partial charge is 0.252 e. The van der Waals surface area contributed by atoms with E-state index in [1.54, 1.807) is 0 Å². The second kappa shape index (κ2) is 7.72. The van der Waals surface area contributed by atoms with Crippen LogP contribution in [0.2, 0.25) is 0 Å². The van der Waals surface area contributed by atoms with Gasteiger partial charge in [-0.1, -0.05) is 18.2 Å². The number of aryl methyl sites for hydroxylation is 2. The lowest BCUT2D eigenvalue weighted by atomic mass is 10.1. The average molecular weight is 406 g/mol. The largest absolute Gasteiger partial charge is 0.373 e. The van der Waals surface area contributed by atoms with Crippen LogP contribution in [0.1, 0.15) is 34.6 Å². The molecule has 1 saturated heterocycles. The maximum atomic E-state index is 12.9. The van der Waals surface area contributed by atoms with Crippen molar-refractivity contribution in [2.24, 2.45) is 0 Å². The normalized spacial score (nSPS) is 19.3. The Bertz CT molecular complexity index is 1090. The van der Waals surface area contributed by atoms with Crippen LogP contribution in [0, 0.1) is 13.8 Å². The molecule has 1 saturated carbocycles. The molecular weight excluding hydrogens is 378 g/mol. The van der Waals surface area contributed by atoms with Crippen molar-refractivity contribution in [1.82, 2.24) is 20.1 Å². The summed E-state index contributed by atoms with van der Waals surface area (Å²) in [5.74, 6) is 0.820. The van der Waals surface area contributed by atoms with Gasteiger partial charge in [0.1, 0.15) is 5.82 Å². The van der Waals surface area contributed by atoms with Crippen LogP contribution in [-0.2, 0) is 11.3 Å². The Kier molecular flexibility index (Phi) is 4.90. The standard InChI is InChI=1S/C23H27N5O2/c1-15-11-16(2)28(26-15)14-18-13-27(9-10-30-18)22-12-20(23(29)24-17-7-8-17)19-5-3-4-6-21(19)25-22/h3-6,11-12,17-18H,7-10,13-14H2,1-2H3,(H,24,29). The molecule has 3 aromatic rings. The fourth-order valence-electron chi connectivity index (χ4n) is 4.09. The molecule has 30 heavy (non-hydrogen) atoms. The lowest BCUT2D eigenvalue weighted by molar-refractivity contribution is 0.0268. The first-order valence-corrected chi connectivity index (χ1v) is 10.6. The van der Waals surface area contributed by atoms with Crippen molar-refractivity contribution in [3.8, 4) is 0 Å². The summed E-state index contributed by atoms with van der Waals surface area (Å²) in [6.45, 7) is 6.87. The van der Waals surface area contributed by atoms with E-state index in [9.17, 15) is 4.79 Å². The van der Waals surface area contributed by atoms with Crippen molar-refractivity contribution < 1.29 is 9.53 Å². The van der Waals surface area contributed by atoms with E-state index < -0.39 is 0 Å². The molecule has 1 unspecified atom stereocenters. The Hall–Kier alpha value is -2.93. The van der Waals surface area contributed by atoms with Crippen molar-refractivity contribution in [2.45, 2.75) is 45.4 Å². The predicted octanol–water partition coefficient (Wildman–Crippen LogP) is 2.85. The van der Waals surface area contributed by atoms with Gasteiger partial charge in [-0.25, -0.2) is 4.98 Å². The Morgan fingerprint density at radius 1 is 1.23 bits per heavy atom. The van der Waals surface area contributed by atoms with Gasteiger partial charge in [-0.3, -0.25) is 9.48 Å². The van der Waals surface area contributed by atoms with Crippen molar-refractivity contribution in [3.05, 3.63) is 53.3 Å². The molecule has 7 heteroatoms. The summed E-state index contributed by atoms with van der Waals surface area (Å²) in [5, 5.41) is 8.58. The van der Waals surface area contributed by atoms with Crippen LogP contribution in [0.25, 0.3) is 10.9 Å². The van der Waals surface area contributed by atoms with Gasteiger partial charge < -0.3 is 15.0 Å². The number of anilines is 1. The molecule has 0 spiro atoms. The molecule has 1 N–H and O–H groups in total. The number of amides is 1. The number of aromatic nitrogens is 3. The first-order valence-electron chi connectivity index (χ1n) is 10.6. The van der Waals surface area contributed by atoms with Gasteiger partial charge in [0.25, 0.3) is 5.91 Å². The third-order valence-corrected chi connectivity index (χ3v) is 5.80. The molecule has 1 amide bonds. The highest BCUT2D eigenvalue weighted by atomic mass is 16.5. The Morgan fingerprint density at radius 2 is 2.07 bits per heavy atom. The van der Waals surface area contributed by atoms with E-state index in [0.29, 0.717) is 31.3 Å². The highest BCUT2D eigenvalue weighted by Gasteiger charge is 2.27. The van der Waals surface area contributed by atoms with E-state index in [2.05, 4.69) is 28.3 Å². The second-order valence-corrected chi connectivity index (χ2v) is 8.34. The van der Waals surface area contributed by atoms with Gasteiger partial charge in [-0.05, 0) is 44.9 Å². The van der Waals surface area contributed by atoms with E-state index >= 15 is 0 Å². The third-order valence-electron chi connectivity index (χ3n) is 5.80. The number of nitrogens with zero attached hydrogens (tertiary/aromatic N) is 4. The van der Waals surface area contributed by atoms with E-state index in [4.69, 9.17) is 9.72 Å². The number of rotatable bonds is 5. The minimum Gasteiger partial charge on any atom is -0.373 e. The lowest BCUT2D eigenvalue weighted by Crippen LogP contribution is -2.45. The first kappa shape index (κ1) is 19.1. The van der Waals surface area contributed by atoms with Gasteiger partial charge >= 0.3 is 0 Å². The van der Waals surface area contributed by atoms with Gasteiger partial charge in [0.05, 0.1) is 36.0 Å². The summed E-state index contributed by atoms with van der Waals surface area (Å²) in [4.78, 5) is 20.0. The molecule has 5 rings (SSSR count). The zero-order valence-corrected chi connectivity index (χ0v) is 17.5. The molecule has 156 valence electrons. The maximum absolute atomic E-state index is 12.9. The van der Waals surface area contributed by atoms with Gasteiger partial charge in [-0.15, -0.1) is 0 Å². The maximum Gasteiger partial charge on any atom is 0.252 e. The molecule has 2 aliphatic rings. The van der Waals surface area contributed by atoms with Crippen LogP contribution in [0.15, 0.2) is 36.4 Å². The van der Waals surface area contributed by atoms with Crippen molar-refractivity contribution in [3.63, 3.8) is 0 Å². The van der Waals surface area contributed by atoms with Crippen molar-refractivity contribution >= 4 is 22.6 Å². The Morgan fingerprint density at radius 3 is 2.83 bits per heavy atom. The number of nitrogens with one attached hydrogen (secondary N) is 1. The minimum atomic E-state index is -0.00944. The summed E-state index contributed by atoms with van der Waals surface area (Å²) < 4.78 is 8.02. The van der Waals surface area contributed by atoms with Crippen LogP contribution >= 0.6 is 0 Å². The molecule has 1 aromatic carbocycles. The van der Waals surface area contributed by atoms with E-state index in [1.165, 1.54) is 0 Å². The zero-order valence-electron chi connectivity index (χ0n) is 17.5. The topological polar surface area (TPSA) is 72.3 Å². The highest BCUT2D eigenvalue weighted by molar-refractivity contribution is 6.07. The van der Waals surface area contributed by atoms with Crippen molar-refractivity contribution in [1.29, 1.82) is 0 Å². The monoisotopic (exact) mass is 405 g/mol. The van der Waals surface area contributed by atoms with Gasteiger partial charge in [0.2, 0.25) is 0 Å². The summed E-state index contributed by atoms with van der Waals surface area (Å²) >= 11 is 0. The minimum absolute atomic E-state index is 0.00944. The number of hydrogen-bond acceptors (Lipinski definition) is 5. The number of para-hydroxylation sites is 1. The van der Waals surface area contributed by atoms with E-state index in [1.807, 2.05) is 41.9 Å². The number of carbonyl (C=O) groups excluding carboxylic acids is 1. The molecule has 2 fully saturated rings. The number of pyridine rings is 1. The number of fused-ring (bicyclic) bond motifs is 1. The van der Waals surface area contributed by atoms with E-state index in [-0.39, 0.29) is 12.0 Å². The van der Waals surface area contributed by atoms with Crippen LogP contribution in [0.3, 0.4) is 0 Å². The SMILES string of the molecule is Cc1cc(C)n(CC2CN(c3cc(C(=O)NC4CC4)c4ccccc4n3)CCO2)n1.